The molecule has 1 aromatic rings. The van der Waals surface area contributed by atoms with E-state index in [0.29, 0.717) is 19.3 Å². The van der Waals surface area contributed by atoms with Crippen LogP contribution in [-0.4, -0.2) is 50.1 Å². The summed E-state index contributed by atoms with van der Waals surface area (Å²) < 4.78 is 30.6. The second-order valence-corrected chi connectivity index (χ2v) is 8.63. The molecule has 7 heteroatoms. The van der Waals surface area contributed by atoms with Gasteiger partial charge in [0, 0.05) is 18.1 Å². The molecule has 2 saturated heterocycles. The maximum atomic E-state index is 12.3. The molecule has 132 valence electrons. The molecule has 24 heavy (non-hydrogen) atoms. The molecule has 1 amide bonds. The zero-order valence-electron chi connectivity index (χ0n) is 14.1. The van der Waals surface area contributed by atoms with Crippen molar-refractivity contribution in [3.05, 3.63) is 29.8 Å². The van der Waals surface area contributed by atoms with Crippen LogP contribution >= 0.6 is 0 Å². The SMILES string of the molecule is COc1ccc(CC(=O)NC2CC3CCC(C2)N3S(C)(=O)=O)cc1. The van der Waals surface area contributed by atoms with Gasteiger partial charge in [-0.25, -0.2) is 8.42 Å². The van der Waals surface area contributed by atoms with E-state index < -0.39 is 10.0 Å². The van der Waals surface area contributed by atoms with Crippen LogP contribution in [-0.2, 0) is 21.2 Å². The summed E-state index contributed by atoms with van der Waals surface area (Å²) in [5.41, 5.74) is 0.935. The first kappa shape index (κ1) is 17.2. The number of amides is 1. The second kappa shape index (κ2) is 6.72. The van der Waals surface area contributed by atoms with Crippen molar-refractivity contribution in [3.8, 4) is 5.75 Å². The molecule has 0 aliphatic carbocycles. The summed E-state index contributed by atoms with van der Waals surface area (Å²) >= 11 is 0. The number of fused-ring (bicyclic) bond motifs is 2. The lowest BCUT2D eigenvalue weighted by Gasteiger charge is -2.37. The number of carbonyl (C=O) groups excluding carboxylic acids is 1. The van der Waals surface area contributed by atoms with E-state index in [-0.39, 0.29) is 24.0 Å². The lowest BCUT2D eigenvalue weighted by molar-refractivity contribution is -0.121. The fraction of sp³-hybridized carbons (Fsp3) is 0.588. The van der Waals surface area contributed by atoms with E-state index in [4.69, 9.17) is 4.74 Å². The summed E-state index contributed by atoms with van der Waals surface area (Å²) in [6, 6.07) is 7.57. The molecule has 0 saturated carbocycles. The standard InChI is InChI=1S/C17H24N2O4S/c1-23-16-7-3-12(4-8-16)9-17(20)18-13-10-14-5-6-15(11-13)19(14)24(2,21)22/h3-4,7-8,13-15H,5-6,9-11H2,1-2H3,(H,18,20). The third-order valence-electron chi connectivity index (χ3n) is 4.94. The molecule has 0 aromatic heterocycles. The Morgan fingerprint density at radius 3 is 2.29 bits per heavy atom. The van der Waals surface area contributed by atoms with Crippen LogP contribution in [0.5, 0.6) is 5.75 Å². The predicted molar refractivity (Wildman–Crippen MR) is 91.4 cm³/mol. The van der Waals surface area contributed by atoms with E-state index in [1.54, 1.807) is 11.4 Å². The Bertz CT molecular complexity index is 688. The average Bonchev–Trinajstić information content (AvgIpc) is 2.80. The van der Waals surface area contributed by atoms with Crippen molar-refractivity contribution in [2.75, 3.05) is 13.4 Å². The first-order valence-corrected chi connectivity index (χ1v) is 10.1. The van der Waals surface area contributed by atoms with Crippen LogP contribution in [0, 0.1) is 0 Å². The summed E-state index contributed by atoms with van der Waals surface area (Å²) in [7, 11) is -1.55. The largest absolute Gasteiger partial charge is 0.497 e. The molecule has 3 rings (SSSR count). The number of sulfonamides is 1. The van der Waals surface area contributed by atoms with Crippen LogP contribution < -0.4 is 10.1 Å². The Balaban J connectivity index is 1.56. The number of hydrogen-bond acceptors (Lipinski definition) is 4. The fourth-order valence-corrected chi connectivity index (χ4v) is 5.47. The Kier molecular flexibility index (Phi) is 4.83. The zero-order valence-corrected chi connectivity index (χ0v) is 14.9. The van der Waals surface area contributed by atoms with Crippen molar-refractivity contribution in [2.45, 2.75) is 50.2 Å². The maximum Gasteiger partial charge on any atom is 0.224 e. The highest BCUT2D eigenvalue weighted by atomic mass is 32.2. The van der Waals surface area contributed by atoms with E-state index in [2.05, 4.69) is 5.32 Å². The highest BCUT2D eigenvalue weighted by Crippen LogP contribution is 2.37. The Hall–Kier alpha value is -1.60. The summed E-state index contributed by atoms with van der Waals surface area (Å²) in [5, 5.41) is 3.08. The molecule has 2 aliphatic heterocycles. The van der Waals surface area contributed by atoms with Gasteiger partial charge in [0.05, 0.1) is 19.8 Å². The summed E-state index contributed by atoms with van der Waals surface area (Å²) in [6.45, 7) is 0. The van der Waals surface area contributed by atoms with Crippen molar-refractivity contribution >= 4 is 15.9 Å². The molecule has 1 N–H and O–H groups in total. The molecule has 2 unspecified atom stereocenters. The summed E-state index contributed by atoms with van der Waals surface area (Å²) in [5.74, 6) is 0.751. The van der Waals surface area contributed by atoms with E-state index in [1.807, 2.05) is 24.3 Å². The first-order chi connectivity index (χ1) is 11.4. The van der Waals surface area contributed by atoms with E-state index in [9.17, 15) is 13.2 Å². The van der Waals surface area contributed by atoms with Gasteiger partial charge in [0.25, 0.3) is 0 Å². The highest BCUT2D eigenvalue weighted by molar-refractivity contribution is 7.88. The average molecular weight is 352 g/mol. The molecule has 2 atom stereocenters. The normalized spacial score (nSPS) is 27.0. The van der Waals surface area contributed by atoms with Gasteiger partial charge in [-0.2, -0.15) is 4.31 Å². The van der Waals surface area contributed by atoms with Gasteiger partial charge in [0.1, 0.15) is 5.75 Å². The van der Waals surface area contributed by atoms with Gasteiger partial charge in [-0.1, -0.05) is 12.1 Å². The smallest absolute Gasteiger partial charge is 0.224 e. The van der Waals surface area contributed by atoms with Gasteiger partial charge in [-0.05, 0) is 43.4 Å². The number of rotatable bonds is 5. The van der Waals surface area contributed by atoms with Crippen LogP contribution in [0.1, 0.15) is 31.2 Å². The predicted octanol–water partition coefficient (Wildman–Crippen LogP) is 1.31. The number of nitrogens with one attached hydrogen (secondary N) is 1. The number of benzene rings is 1. The van der Waals surface area contributed by atoms with Crippen molar-refractivity contribution in [1.82, 2.24) is 9.62 Å². The maximum absolute atomic E-state index is 12.3. The van der Waals surface area contributed by atoms with E-state index in [1.165, 1.54) is 6.26 Å². The molecule has 2 aliphatic rings. The lowest BCUT2D eigenvalue weighted by Crippen LogP contribution is -2.52. The van der Waals surface area contributed by atoms with E-state index in [0.717, 1.165) is 24.2 Å². The van der Waals surface area contributed by atoms with Gasteiger partial charge in [0.2, 0.25) is 15.9 Å². The minimum atomic E-state index is -3.16. The molecule has 2 bridgehead atoms. The number of piperidine rings is 1. The molecular formula is C17H24N2O4S. The van der Waals surface area contributed by atoms with Gasteiger partial charge < -0.3 is 10.1 Å². The molecule has 0 radical (unpaired) electrons. The number of methoxy groups -OCH3 is 1. The first-order valence-electron chi connectivity index (χ1n) is 8.27. The van der Waals surface area contributed by atoms with Crippen molar-refractivity contribution in [2.24, 2.45) is 0 Å². The van der Waals surface area contributed by atoms with Gasteiger partial charge in [-0.3, -0.25) is 4.79 Å². The van der Waals surface area contributed by atoms with Crippen LogP contribution in [0.2, 0.25) is 0 Å². The van der Waals surface area contributed by atoms with Gasteiger partial charge >= 0.3 is 0 Å². The minimum Gasteiger partial charge on any atom is -0.497 e. The third-order valence-corrected chi connectivity index (χ3v) is 6.30. The van der Waals surface area contributed by atoms with Crippen LogP contribution in [0.3, 0.4) is 0 Å². The van der Waals surface area contributed by atoms with Crippen molar-refractivity contribution in [1.29, 1.82) is 0 Å². The quantitative estimate of drug-likeness (QED) is 0.867. The van der Waals surface area contributed by atoms with Crippen LogP contribution in [0.4, 0.5) is 0 Å². The van der Waals surface area contributed by atoms with Crippen molar-refractivity contribution < 1.29 is 17.9 Å². The highest BCUT2D eigenvalue weighted by Gasteiger charge is 2.45. The summed E-state index contributed by atoms with van der Waals surface area (Å²) in [4.78, 5) is 12.3. The van der Waals surface area contributed by atoms with E-state index >= 15 is 0 Å². The Morgan fingerprint density at radius 2 is 1.79 bits per heavy atom. The number of ether oxygens (including phenoxy) is 1. The molecule has 0 spiro atoms. The van der Waals surface area contributed by atoms with Gasteiger partial charge in [0.15, 0.2) is 0 Å². The monoisotopic (exact) mass is 352 g/mol. The molecular weight excluding hydrogens is 328 g/mol. The molecule has 2 fully saturated rings. The molecule has 6 nitrogen and oxygen atoms in total. The van der Waals surface area contributed by atoms with Crippen LogP contribution in [0.25, 0.3) is 0 Å². The zero-order chi connectivity index (χ0) is 17.3. The minimum absolute atomic E-state index is 0.0163. The number of hydrogen-bond donors (Lipinski definition) is 1. The third kappa shape index (κ3) is 3.72. The Labute approximate surface area is 143 Å². The summed E-state index contributed by atoms with van der Waals surface area (Å²) in [6.07, 6.45) is 4.80. The second-order valence-electron chi connectivity index (χ2n) is 6.74. The van der Waals surface area contributed by atoms with Crippen LogP contribution in [0.15, 0.2) is 24.3 Å². The molecule has 1 aromatic carbocycles. The molecule has 2 heterocycles. The number of carbonyl (C=O) groups is 1. The fourth-order valence-electron chi connectivity index (χ4n) is 4.00. The topological polar surface area (TPSA) is 75.7 Å². The van der Waals surface area contributed by atoms with Crippen molar-refractivity contribution in [3.63, 3.8) is 0 Å². The Morgan fingerprint density at radius 1 is 1.21 bits per heavy atom. The van der Waals surface area contributed by atoms with Gasteiger partial charge in [-0.15, -0.1) is 0 Å². The number of nitrogens with zero attached hydrogens (tertiary/aromatic N) is 1. The lowest BCUT2D eigenvalue weighted by atomic mass is 9.99.